The van der Waals surface area contributed by atoms with E-state index in [0.717, 1.165) is 5.56 Å². The van der Waals surface area contributed by atoms with Crippen LogP contribution in [0.25, 0.3) is 0 Å². The minimum absolute atomic E-state index is 0.0319. The average Bonchev–Trinajstić information content (AvgIpc) is 3.03. The molecule has 140 valence electrons. The van der Waals surface area contributed by atoms with Gasteiger partial charge in [0.25, 0.3) is 5.91 Å². The Morgan fingerprint density at radius 3 is 2.70 bits per heavy atom. The first kappa shape index (κ1) is 19.5. The molecule has 0 atom stereocenters. The molecule has 0 unspecified atom stereocenters. The number of aromatic nitrogens is 2. The molecular formula is C18H13Cl3FN3O2. The number of nitrogens with one attached hydrogen (secondary N) is 2. The highest BCUT2D eigenvalue weighted by molar-refractivity contribution is 6.32. The maximum absolute atomic E-state index is 14.9. The van der Waals surface area contributed by atoms with Crippen molar-refractivity contribution in [2.75, 3.05) is 0 Å². The summed E-state index contributed by atoms with van der Waals surface area (Å²) in [5, 5.41) is 3.14. The molecule has 0 saturated heterocycles. The second-order valence-corrected chi connectivity index (χ2v) is 6.87. The Kier molecular flexibility index (Phi) is 5.89. The number of amides is 1. The summed E-state index contributed by atoms with van der Waals surface area (Å²) >= 11 is 17.9. The van der Waals surface area contributed by atoms with E-state index in [1.807, 2.05) is 6.92 Å². The van der Waals surface area contributed by atoms with Crippen LogP contribution in [-0.2, 0) is 6.54 Å². The Morgan fingerprint density at radius 1 is 1.26 bits per heavy atom. The SMILES string of the molecule is Cc1cc(Cl)cc(Oc2c(Cl)ccc(CNC(=O)c3[nH]cnc3Cl)c2F)c1. The van der Waals surface area contributed by atoms with E-state index in [4.69, 9.17) is 39.5 Å². The number of rotatable bonds is 5. The van der Waals surface area contributed by atoms with E-state index in [-0.39, 0.29) is 33.7 Å². The molecule has 2 N–H and O–H groups in total. The van der Waals surface area contributed by atoms with Crippen molar-refractivity contribution in [1.29, 1.82) is 0 Å². The van der Waals surface area contributed by atoms with Crippen LogP contribution >= 0.6 is 34.8 Å². The predicted molar refractivity (Wildman–Crippen MR) is 102 cm³/mol. The lowest BCUT2D eigenvalue weighted by Crippen LogP contribution is -2.24. The molecule has 0 saturated carbocycles. The number of carbonyl (C=O) groups is 1. The molecule has 1 aromatic heterocycles. The van der Waals surface area contributed by atoms with Crippen LogP contribution in [0.3, 0.4) is 0 Å². The molecule has 0 bridgehead atoms. The van der Waals surface area contributed by atoms with Gasteiger partial charge in [-0.1, -0.05) is 40.9 Å². The van der Waals surface area contributed by atoms with Crippen LogP contribution in [0.4, 0.5) is 4.39 Å². The van der Waals surface area contributed by atoms with Gasteiger partial charge in [0.1, 0.15) is 11.4 Å². The van der Waals surface area contributed by atoms with E-state index in [1.54, 1.807) is 18.2 Å². The fraction of sp³-hybridized carbons (Fsp3) is 0.111. The number of halogens is 4. The summed E-state index contributed by atoms with van der Waals surface area (Å²) < 4.78 is 20.5. The van der Waals surface area contributed by atoms with Gasteiger partial charge in [-0.3, -0.25) is 4.79 Å². The number of aromatic amines is 1. The van der Waals surface area contributed by atoms with Crippen LogP contribution in [0.1, 0.15) is 21.6 Å². The zero-order valence-corrected chi connectivity index (χ0v) is 16.2. The molecule has 0 aliphatic heterocycles. The number of carbonyl (C=O) groups excluding carboxylic acids is 1. The van der Waals surface area contributed by atoms with Crippen molar-refractivity contribution in [2.45, 2.75) is 13.5 Å². The molecule has 0 aliphatic rings. The fourth-order valence-electron chi connectivity index (χ4n) is 2.38. The van der Waals surface area contributed by atoms with Gasteiger partial charge in [-0.25, -0.2) is 9.37 Å². The van der Waals surface area contributed by atoms with Crippen molar-refractivity contribution in [3.05, 3.63) is 74.5 Å². The van der Waals surface area contributed by atoms with Gasteiger partial charge in [0, 0.05) is 17.1 Å². The number of ether oxygens (including phenoxy) is 1. The van der Waals surface area contributed by atoms with E-state index in [0.29, 0.717) is 10.8 Å². The van der Waals surface area contributed by atoms with E-state index in [2.05, 4.69) is 15.3 Å². The number of H-pyrrole nitrogens is 1. The molecule has 9 heteroatoms. The summed E-state index contributed by atoms with van der Waals surface area (Å²) in [5.74, 6) is -0.994. The summed E-state index contributed by atoms with van der Waals surface area (Å²) in [6, 6.07) is 7.96. The average molecular weight is 429 g/mol. The molecule has 3 rings (SSSR count). The van der Waals surface area contributed by atoms with Crippen molar-refractivity contribution in [3.63, 3.8) is 0 Å². The zero-order chi connectivity index (χ0) is 19.6. The predicted octanol–water partition coefficient (Wildman–Crippen LogP) is 5.54. The summed E-state index contributed by atoms with van der Waals surface area (Å²) in [7, 11) is 0. The number of nitrogens with zero attached hydrogens (tertiary/aromatic N) is 1. The maximum atomic E-state index is 14.9. The van der Waals surface area contributed by atoms with Gasteiger partial charge in [0.15, 0.2) is 16.7 Å². The Balaban J connectivity index is 1.81. The molecule has 1 heterocycles. The van der Waals surface area contributed by atoms with E-state index in [1.165, 1.54) is 18.5 Å². The maximum Gasteiger partial charge on any atom is 0.271 e. The lowest BCUT2D eigenvalue weighted by Gasteiger charge is -2.13. The molecule has 0 spiro atoms. The Morgan fingerprint density at radius 2 is 2.04 bits per heavy atom. The van der Waals surface area contributed by atoms with Crippen molar-refractivity contribution in [3.8, 4) is 11.5 Å². The van der Waals surface area contributed by atoms with Crippen molar-refractivity contribution in [2.24, 2.45) is 0 Å². The topological polar surface area (TPSA) is 67.0 Å². The number of imidazole rings is 1. The Hall–Kier alpha value is -2.28. The van der Waals surface area contributed by atoms with Gasteiger partial charge in [0.05, 0.1) is 11.3 Å². The third-order valence-electron chi connectivity index (χ3n) is 3.62. The fourth-order valence-corrected chi connectivity index (χ4v) is 3.04. The normalized spacial score (nSPS) is 10.7. The third kappa shape index (κ3) is 4.53. The highest BCUT2D eigenvalue weighted by Crippen LogP contribution is 2.35. The minimum Gasteiger partial charge on any atom is -0.453 e. The molecule has 0 fully saturated rings. The molecule has 0 radical (unpaired) electrons. The van der Waals surface area contributed by atoms with Crippen LogP contribution in [0.5, 0.6) is 11.5 Å². The van der Waals surface area contributed by atoms with E-state index >= 15 is 0 Å². The highest BCUT2D eigenvalue weighted by atomic mass is 35.5. The first-order valence-electron chi connectivity index (χ1n) is 7.74. The molecule has 1 amide bonds. The molecular weight excluding hydrogens is 416 g/mol. The molecule has 27 heavy (non-hydrogen) atoms. The third-order valence-corrected chi connectivity index (χ3v) is 4.43. The summed E-state index contributed by atoms with van der Waals surface area (Å²) in [4.78, 5) is 18.4. The smallest absolute Gasteiger partial charge is 0.271 e. The number of benzene rings is 2. The van der Waals surface area contributed by atoms with Gasteiger partial charge in [-0.15, -0.1) is 0 Å². The number of aryl methyl sites for hydroxylation is 1. The Bertz CT molecular complexity index is 987. The first-order chi connectivity index (χ1) is 12.8. The summed E-state index contributed by atoms with van der Waals surface area (Å²) in [5.41, 5.74) is 1.14. The monoisotopic (exact) mass is 427 g/mol. The number of hydrogen-bond donors (Lipinski definition) is 2. The van der Waals surface area contributed by atoms with Crippen LogP contribution in [-0.4, -0.2) is 15.9 Å². The van der Waals surface area contributed by atoms with Gasteiger partial charge < -0.3 is 15.0 Å². The zero-order valence-electron chi connectivity index (χ0n) is 13.9. The van der Waals surface area contributed by atoms with Crippen LogP contribution < -0.4 is 10.1 Å². The minimum atomic E-state index is -0.684. The van der Waals surface area contributed by atoms with E-state index in [9.17, 15) is 9.18 Å². The second kappa shape index (κ2) is 8.17. The van der Waals surface area contributed by atoms with Crippen molar-refractivity contribution in [1.82, 2.24) is 15.3 Å². The quantitative estimate of drug-likeness (QED) is 0.561. The van der Waals surface area contributed by atoms with Gasteiger partial charge >= 0.3 is 0 Å². The van der Waals surface area contributed by atoms with Crippen LogP contribution in [0.2, 0.25) is 15.2 Å². The lowest BCUT2D eigenvalue weighted by molar-refractivity contribution is 0.0946. The summed E-state index contributed by atoms with van der Waals surface area (Å²) in [6.45, 7) is 1.74. The van der Waals surface area contributed by atoms with Gasteiger partial charge in [-0.05, 0) is 36.8 Å². The van der Waals surface area contributed by atoms with Gasteiger partial charge in [0.2, 0.25) is 0 Å². The summed E-state index contributed by atoms with van der Waals surface area (Å²) in [6.07, 6.45) is 1.29. The lowest BCUT2D eigenvalue weighted by atomic mass is 10.2. The first-order valence-corrected chi connectivity index (χ1v) is 8.87. The molecule has 0 aliphatic carbocycles. The molecule has 3 aromatic rings. The van der Waals surface area contributed by atoms with Crippen LogP contribution in [0, 0.1) is 12.7 Å². The standard InChI is InChI=1S/C18H13Cl3FN3O2/c1-9-4-11(19)6-12(5-9)27-16-13(20)3-2-10(14(16)22)7-23-18(26)15-17(21)25-8-24-15/h2-6,8H,7H2,1H3,(H,23,26)(H,24,25). The van der Waals surface area contributed by atoms with Crippen LogP contribution in [0.15, 0.2) is 36.7 Å². The molecule has 5 nitrogen and oxygen atoms in total. The Labute approximate surface area is 169 Å². The molecule has 2 aromatic carbocycles. The second-order valence-electron chi connectivity index (χ2n) is 5.67. The van der Waals surface area contributed by atoms with Crippen molar-refractivity contribution >= 4 is 40.7 Å². The number of hydrogen-bond acceptors (Lipinski definition) is 3. The highest BCUT2D eigenvalue weighted by Gasteiger charge is 2.17. The van der Waals surface area contributed by atoms with Crippen molar-refractivity contribution < 1.29 is 13.9 Å². The largest absolute Gasteiger partial charge is 0.453 e. The van der Waals surface area contributed by atoms with Gasteiger partial charge in [-0.2, -0.15) is 0 Å². The van der Waals surface area contributed by atoms with E-state index < -0.39 is 11.7 Å².